The standard InChI is InChI=1S/C13H14N4O2S/c1-7-4-5-20-11(7)10-9(12(18)19-3)8(2)16-13-14-6-15-17(10)13/h4-6,10H,1-3H3,(H,14,15,16). The van der Waals surface area contributed by atoms with Crippen molar-refractivity contribution in [3.63, 3.8) is 0 Å². The minimum absolute atomic E-state index is 0.291. The van der Waals surface area contributed by atoms with Gasteiger partial charge in [0.2, 0.25) is 5.95 Å². The van der Waals surface area contributed by atoms with Crippen LogP contribution in [0.5, 0.6) is 0 Å². The molecule has 0 radical (unpaired) electrons. The maximum atomic E-state index is 12.1. The van der Waals surface area contributed by atoms with E-state index < -0.39 is 0 Å². The summed E-state index contributed by atoms with van der Waals surface area (Å²) in [5, 5.41) is 9.34. The van der Waals surface area contributed by atoms with Crippen molar-refractivity contribution in [2.24, 2.45) is 0 Å². The maximum absolute atomic E-state index is 12.1. The average molecular weight is 290 g/mol. The number of thiophene rings is 1. The van der Waals surface area contributed by atoms with E-state index in [-0.39, 0.29) is 12.0 Å². The number of rotatable bonds is 2. The van der Waals surface area contributed by atoms with E-state index in [0.29, 0.717) is 11.5 Å². The number of aryl methyl sites for hydroxylation is 1. The first-order valence-corrected chi connectivity index (χ1v) is 7.01. The zero-order valence-corrected chi connectivity index (χ0v) is 12.2. The molecule has 1 aliphatic rings. The highest BCUT2D eigenvalue weighted by atomic mass is 32.1. The fourth-order valence-corrected chi connectivity index (χ4v) is 3.39. The molecule has 1 unspecified atom stereocenters. The second-order valence-electron chi connectivity index (χ2n) is 4.55. The van der Waals surface area contributed by atoms with Gasteiger partial charge >= 0.3 is 5.97 Å². The number of ether oxygens (including phenoxy) is 1. The fraction of sp³-hybridized carbons (Fsp3) is 0.308. The van der Waals surface area contributed by atoms with Crippen LogP contribution < -0.4 is 5.32 Å². The molecular weight excluding hydrogens is 276 g/mol. The van der Waals surface area contributed by atoms with E-state index in [9.17, 15) is 4.79 Å². The van der Waals surface area contributed by atoms with Gasteiger partial charge in [-0.1, -0.05) is 0 Å². The molecule has 0 amide bonds. The van der Waals surface area contributed by atoms with Crippen LogP contribution in [-0.4, -0.2) is 27.8 Å². The number of aromatic nitrogens is 3. The Balaban J connectivity index is 2.21. The molecule has 20 heavy (non-hydrogen) atoms. The van der Waals surface area contributed by atoms with Gasteiger partial charge in [0.05, 0.1) is 12.7 Å². The molecule has 3 heterocycles. The van der Waals surface area contributed by atoms with Gasteiger partial charge in [0, 0.05) is 10.6 Å². The molecule has 1 atom stereocenters. The number of anilines is 1. The Morgan fingerprint density at radius 3 is 2.95 bits per heavy atom. The van der Waals surface area contributed by atoms with Gasteiger partial charge in [-0.2, -0.15) is 10.1 Å². The number of hydrogen-bond donors (Lipinski definition) is 1. The smallest absolute Gasteiger partial charge is 0.338 e. The second kappa shape index (κ2) is 4.75. The number of hydrogen-bond acceptors (Lipinski definition) is 6. The van der Waals surface area contributed by atoms with E-state index in [2.05, 4.69) is 15.4 Å². The summed E-state index contributed by atoms with van der Waals surface area (Å²) < 4.78 is 6.65. The lowest BCUT2D eigenvalue weighted by Crippen LogP contribution is -2.29. The number of fused-ring (bicyclic) bond motifs is 1. The number of nitrogens with zero attached hydrogens (tertiary/aromatic N) is 3. The normalized spacial score (nSPS) is 17.6. The second-order valence-corrected chi connectivity index (χ2v) is 5.50. The minimum atomic E-state index is -0.353. The summed E-state index contributed by atoms with van der Waals surface area (Å²) in [6.07, 6.45) is 1.48. The van der Waals surface area contributed by atoms with Crippen LogP contribution >= 0.6 is 11.3 Å². The highest BCUT2D eigenvalue weighted by Gasteiger charge is 2.35. The van der Waals surface area contributed by atoms with Gasteiger partial charge in [0.15, 0.2) is 0 Å². The van der Waals surface area contributed by atoms with Gasteiger partial charge in [0.25, 0.3) is 0 Å². The fourth-order valence-electron chi connectivity index (χ4n) is 2.37. The zero-order valence-electron chi connectivity index (χ0n) is 11.4. The third-order valence-corrected chi connectivity index (χ3v) is 4.42. The van der Waals surface area contributed by atoms with Gasteiger partial charge in [-0.25, -0.2) is 9.48 Å². The van der Waals surface area contributed by atoms with Crippen molar-refractivity contribution in [1.29, 1.82) is 0 Å². The molecule has 2 aromatic rings. The van der Waals surface area contributed by atoms with Crippen LogP contribution in [0.2, 0.25) is 0 Å². The van der Waals surface area contributed by atoms with Crippen molar-refractivity contribution in [1.82, 2.24) is 14.8 Å². The van der Waals surface area contributed by atoms with Gasteiger partial charge < -0.3 is 10.1 Å². The number of carbonyl (C=O) groups is 1. The Morgan fingerprint density at radius 2 is 2.30 bits per heavy atom. The first-order valence-electron chi connectivity index (χ1n) is 6.13. The molecule has 0 saturated heterocycles. The maximum Gasteiger partial charge on any atom is 0.338 e. The average Bonchev–Trinajstić information content (AvgIpc) is 3.05. The molecule has 3 rings (SSSR count). The van der Waals surface area contributed by atoms with E-state index in [1.54, 1.807) is 16.0 Å². The summed E-state index contributed by atoms with van der Waals surface area (Å²) in [6.45, 7) is 3.87. The molecule has 1 aliphatic heterocycles. The highest BCUT2D eigenvalue weighted by Crippen LogP contribution is 2.38. The molecule has 0 saturated carbocycles. The summed E-state index contributed by atoms with van der Waals surface area (Å²) in [6, 6.07) is 1.74. The van der Waals surface area contributed by atoms with Gasteiger partial charge in [-0.3, -0.25) is 0 Å². The van der Waals surface area contributed by atoms with E-state index in [1.807, 2.05) is 25.3 Å². The van der Waals surface area contributed by atoms with E-state index >= 15 is 0 Å². The molecule has 0 aliphatic carbocycles. The summed E-state index contributed by atoms with van der Waals surface area (Å²) in [5.74, 6) is 0.280. The number of nitrogens with one attached hydrogen (secondary N) is 1. The molecule has 2 aromatic heterocycles. The van der Waals surface area contributed by atoms with Gasteiger partial charge in [-0.15, -0.1) is 11.3 Å². The van der Waals surface area contributed by atoms with Crippen LogP contribution in [0.1, 0.15) is 23.4 Å². The Morgan fingerprint density at radius 1 is 1.50 bits per heavy atom. The van der Waals surface area contributed by atoms with Crippen molar-refractivity contribution in [3.05, 3.63) is 39.5 Å². The van der Waals surface area contributed by atoms with Gasteiger partial charge in [-0.05, 0) is 30.9 Å². The quantitative estimate of drug-likeness (QED) is 0.858. The van der Waals surface area contributed by atoms with E-state index in [0.717, 1.165) is 16.1 Å². The number of carbonyl (C=O) groups excluding carboxylic acids is 1. The third-order valence-electron chi connectivity index (χ3n) is 3.35. The number of allylic oxidation sites excluding steroid dienone is 1. The first kappa shape index (κ1) is 12.9. The molecule has 0 fully saturated rings. The lowest BCUT2D eigenvalue weighted by Gasteiger charge is -2.27. The minimum Gasteiger partial charge on any atom is -0.466 e. The summed E-state index contributed by atoms with van der Waals surface area (Å²) >= 11 is 1.60. The lowest BCUT2D eigenvalue weighted by molar-refractivity contribution is -0.136. The molecule has 6 nitrogen and oxygen atoms in total. The predicted octanol–water partition coefficient (Wildman–Crippen LogP) is 2.11. The van der Waals surface area contributed by atoms with Crippen LogP contribution in [0.4, 0.5) is 5.95 Å². The van der Waals surface area contributed by atoms with Crippen molar-refractivity contribution < 1.29 is 9.53 Å². The van der Waals surface area contributed by atoms with E-state index in [4.69, 9.17) is 4.74 Å². The van der Waals surface area contributed by atoms with Crippen molar-refractivity contribution in [3.8, 4) is 0 Å². The number of esters is 1. The largest absolute Gasteiger partial charge is 0.466 e. The monoisotopic (exact) mass is 290 g/mol. The van der Waals surface area contributed by atoms with Crippen molar-refractivity contribution in [2.75, 3.05) is 12.4 Å². The molecule has 0 bridgehead atoms. The molecular formula is C13H14N4O2S. The molecule has 0 spiro atoms. The van der Waals surface area contributed by atoms with Crippen molar-refractivity contribution >= 4 is 23.3 Å². The van der Waals surface area contributed by atoms with Gasteiger partial charge in [0.1, 0.15) is 12.4 Å². The van der Waals surface area contributed by atoms with Crippen molar-refractivity contribution in [2.45, 2.75) is 19.9 Å². The van der Waals surface area contributed by atoms with Crippen LogP contribution in [0.25, 0.3) is 0 Å². The predicted molar refractivity (Wildman–Crippen MR) is 75.6 cm³/mol. The summed E-state index contributed by atoms with van der Waals surface area (Å²) in [4.78, 5) is 17.4. The molecule has 1 N–H and O–H groups in total. The summed E-state index contributed by atoms with van der Waals surface area (Å²) in [7, 11) is 1.39. The molecule has 7 heteroatoms. The topological polar surface area (TPSA) is 69.0 Å². The Bertz CT molecular complexity index is 701. The third kappa shape index (κ3) is 1.82. The van der Waals surface area contributed by atoms with Crippen LogP contribution in [0.15, 0.2) is 29.0 Å². The Hall–Kier alpha value is -2.15. The summed E-state index contributed by atoms with van der Waals surface area (Å²) in [5.41, 5.74) is 2.43. The van der Waals surface area contributed by atoms with Crippen LogP contribution in [-0.2, 0) is 9.53 Å². The number of methoxy groups -OCH3 is 1. The highest BCUT2D eigenvalue weighted by molar-refractivity contribution is 7.10. The van der Waals surface area contributed by atoms with Crippen LogP contribution in [0.3, 0.4) is 0 Å². The Labute approximate surface area is 120 Å². The Kier molecular flexibility index (Phi) is 3.06. The van der Waals surface area contributed by atoms with E-state index in [1.165, 1.54) is 13.4 Å². The SMILES string of the molecule is COC(=O)C1=C(C)Nc2ncnn2C1c1sccc1C. The van der Waals surface area contributed by atoms with Crippen LogP contribution in [0, 0.1) is 6.92 Å². The first-order chi connectivity index (χ1) is 9.63. The lowest BCUT2D eigenvalue weighted by atomic mass is 10.00. The molecule has 104 valence electrons. The molecule has 0 aromatic carbocycles. The zero-order chi connectivity index (χ0) is 14.3.